The fourth-order valence-electron chi connectivity index (χ4n) is 3.14. The van der Waals surface area contributed by atoms with Crippen LogP contribution in [-0.2, 0) is 11.2 Å². The Morgan fingerprint density at radius 2 is 2.12 bits per heavy atom. The quantitative estimate of drug-likeness (QED) is 0.452. The molecule has 3 aromatic rings. The molecule has 0 spiro atoms. The molecule has 0 N–H and O–H groups in total. The lowest BCUT2D eigenvalue weighted by Gasteiger charge is -2.26. The maximum Gasteiger partial charge on any atom is 0.207 e. The standard InChI is InChI=1S/C19H14Cl2N2O2S/c1-10-13(18-14-6-12(20)3-2-11(14)4-5-25-18)7-16(26-10)17(24)15-8-22-9-23-19(15)21/h2-3,6-9,18H,4-5H2,1H3/t18-/m0/s1. The van der Waals surface area contributed by atoms with Crippen molar-refractivity contribution >= 4 is 40.3 Å². The summed E-state index contributed by atoms with van der Waals surface area (Å²) in [4.78, 5) is 22.2. The second-order valence-corrected chi connectivity index (χ2v) is 8.07. The van der Waals surface area contributed by atoms with E-state index in [1.165, 1.54) is 29.4 Å². The van der Waals surface area contributed by atoms with Crippen molar-refractivity contribution in [2.24, 2.45) is 0 Å². The molecule has 2 aromatic heterocycles. The number of thiophene rings is 1. The number of ether oxygens (including phenoxy) is 1. The van der Waals surface area contributed by atoms with E-state index in [2.05, 4.69) is 9.97 Å². The van der Waals surface area contributed by atoms with Crippen molar-refractivity contribution in [3.63, 3.8) is 0 Å². The summed E-state index contributed by atoms with van der Waals surface area (Å²) < 4.78 is 6.03. The van der Waals surface area contributed by atoms with Crippen LogP contribution in [0.2, 0.25) is 10.2 Å². The maximum atomic E-state index is 12.8. The summed E-state index contributed by atoms with van der Waals surface area (Å²) in [5, 5.41) is 0.834. The summed E-state index contributed by atoms with van der Waals surface area (Å²) >= 11 is 13.7. The Labute approximate surface area is 164 Å². The first kappa shape index (κ1) is 17.6. The van der Waals surface area contributed by atoms with Crippen LogP contribution in [0, 0.1) is 6.92 Å². The molecule has 132 valence electrons. The topological polar surface area (TPSA) is 52.1 Å². The molecule has 7 heteroatoms. The van der Waals surface area contributed by atoms with Crippen molar-refractivity contribution in [2.75, 3.05) is 6.61 Å². The number of halogens is 2. The number of benzene rings is 1. The lowest BCUT2D eigenvalue weighted by molar-refractivity contribution is 0.0697. The Morgan fingerprint density at radius 3 is 2.92 bits per heavy atom. The number of rotatable bonds is 3. The first-order valence-electron chi connectivity index (χ1n) is 8.05. The normalized spacial score (nSPS) is 16.3. The van der Waals surface area contributed by atoms with Crippen molar-refractivity contribution < 1.29 is 9.53 Å². The molecule has 0 unspecified atom stereocenters. The van der Waals surface area contributed by atoms with Gasteiger partial charge in [-0.25, -0.2) is 9.97 Å². The number of carbonyl (C=O) groups is 1. The van der Waals surface area contributed by atoms with Gasteiger partial charge in [0.15, 0.2) is 0 Å². The van der Waals surface area contributed by atoms with Crippen LogP contribution in [0.1, 0.15) is 42.9 Å². The van der Waals surface area contributed by atoms with E-state index in [0.29, 0.717) is 22.1 Å². The highest BCUT2D eigenvalue weighted by atomic mass is 35.5. The molecule has 0 bridgehead atoms. The zero-order valence-electron chi connectivity index (χ0n) is 13.8. The Kier molecular flexibility index (Phi) is 4.80. The Morgan fingerprint density at radius 1 is 1.27 bits per heavy atom. The largest absolute Gasteiger partial charge is 0.368 e. The van der Waals surface area contributed by atoms with Crippen LogP contribution in [0.15, 0.2) is 36.8 Å². The number of ketones is 1. The summed E-state index contributed by atoms with van der Waals surface area (Å²) in [6.45, 7) is 2.62. The van der Waals surface area contributed by atoms with Gasteiger partial charge in [0, 0.05) is 16.1 Å². The van der Waals surface area contributed by atoms with Gasteiger partial charge in [-0.1, -0.05) is 29.3 Å². The van der Waals surface area contributed by atoms with Crippen LogP contribution in [0.3, 0.4) is 0 Å². The zero-order valence-corrected chi connectivity index (χ0v) is 16.2. The van der Waals surface area contributed by atoms with Gasteiger partial charge < -0.3 is 4.74 Å². The van der Waals surface area contributed by atoms with E-state index in [1.54, 1.807) is 0 Å². The fraction of sp³-hybridized carbons (Fsp3) is 0.211. The Bertz CT molecular complexity index is 1000. The third kappa shape index (κ3) is 3.16. The predicted molar refractivity (Wildman–Crippen MR) is 102 cm³/mol. The lowest BCUT2D eigenvalue weighted by Crippen LogP contribution is -2.17. The highest BCUT2D eigenvalue weighted by molar-refractivity contribution is 7.14. The van der Waals surface area contributed by atoms with E-state index in [0.717, 1.165) is 22.4 Å². The number of aromatic nitrogens is 2. The molecule has 1 aromatic carbocycles. The average Bonchev–Trinajstić information content (AvgIpc) is 3.02. The zero-order chi connectivity index (χ0) is 18.3. The average molecular weight is 405 g/mol. The molecule has 0 radical (unpaired) electrons. The van der Waals surface area contributed by atoms with Gasteiger partial charge in [-0.05, 0) is 48.2 Å². The minimum absolute atomic E-state index is 0.156. The Hall–Kier alpha value is -1.79. The van der Waals surface area contributed by atoms with E-state index in [4.69, 9.17) is 27.9 Å². The molecular formula is C19H14Cl2N2O2S. The van der Waals surface area contributed by atoms with Crippen molar-refractivity contribution in [2.45, 2.75) is 19.4 Å². The first-order valence-corrected chi connectivity index (χ1v) is 9.62. The number of nitrogens with zero attached hydrogens (tertiary/aromatic N) is 2. The van der Waals surface area contributed by atoms with Crippen LogP contribution < -0.4 is 0 Å². The highest BCUT2D eigenvalue weighted by Gasteiger charge is 2.27. The van der Waals surface area contributed by atoms with Gasteiger partial charge in [-0.15, -0.1) is 11.3 Å². The van der Waals surface area contributed by atoms with Gasteiger partial charge in [0.25, 0.3) is 0 Å². The van der Waals surface area contributed by atoms with E-state index >= 15 is 0 Å². The second kappa shape index (κ2) is 7.08. The number of hydrogen-bond acceptors (Lipinski definition) is 5. The number of hydrogen-bond donors (Lipinski definition) is 0. The fourth-order valence-corrected chi connectivity index (χ4v) is 4.50. The highest BCUT2D eigenvalue weighted by Crippen LogP contribution is 2.39. The molecule has 0 saturated heterocycles. The third-order valence-corrected chi connectivity index (χ3v) is 6.02. The summed E-state index contributed by atoms with van der Waals surface area (Å²) in [6.07, 6.45) is 3.40. The number of aryl methyl sites for hydroxylation is 1. The molecule has 1 aliphatic rings. The van der Waals surface area contributed by atoms with E-state index < -0.39 is 0 Å². The molecule has 26 heavy (non-hydrogen) atoms. The minimum atomic E-state index is -0.224. The molecule has 0 saturated carbocycles. The third-order valence-electron chi connectivity index (χ3n) is 4.42. The number of carbonyl (C=O) groups excluding carboxylic acids is 1. The molecule has 0 fully saturated rings. The molecule has 4 rings (SSSR count). The van der Waals surface area contributed by atoms with E-state index in [1.807, 2.05) is 31.2 Å². The van der Waals surface area contributed by atoms with Gasteiger partial charge in [-0.3, -0.25) is 4.79 Å². The van der Waals surface area contributed by atoms with Crippen LogP contribution in [0.5, 0.6) is 0 Å². The van der Waals surface area contributed by atoms with E-state index in [-0.39, 0.29) is 17.0 Å². The van der Waals surface area contributed by atoms with Crippen LogP contribution in [-0.4, -0.2) is 22.4 Å². The smallest absolute Gasteiger partial charge is 0.207 e. The Balaban J connectivity index is 1.74. The van der Waals surface area contributed by atoms with Crippen LogP contribution >= 0.6 is 34.5 Å². The summed E-state index contributed by atoms with van der Waals surface area (Å²) in [6, 6.07) is 7.77. The maximum absolute atomic E-state index is 12.8. The van der Waals surface area contributed by atoms with Gasteiger partial charge in [0.2, 0.25) is 5.78 Å². The number of fused-ring (bicyclic) bond motifs is 1. The molecular weight excluding hydrogens is 391 g/mol. The molecule has 4 nitrogen and oxygen atoms in total. The summed E-state index contributed by atoms with van der Waals surface area (Å²) in [5.41, 5.74) is 3.57. The van der Waals surface area contributed by atoms with Crippen LogP contribution in [0.25, 0.3) is 0 Å². The SMILES string of the molecule is Cc1sc(C(=O)c2cncnc2Cl)cc1[C@@H]1OCCc2ccc(Cl)cc21. The monoisotopic (exact) mass is 404 g/mol. The van der Waals surface area contributed by atoms with Crippen molar-refractivity contribution in [3.8, 4) is 0 Å². The minimum Gasteiger partial charge on any atom is -0.368 e. The van der Waals surface area contributed by atoms with Gasteiger partial charge in [0.1, 0.15) is 17.6 Å². The van der Waals surface area contributed by atoms with Crippen molar-refractivity contribution in [1.82, 2.24) is 9.97 Å². The molecule has 3 heterocycles. The lowest BCUT2D eigenvalue weighted by atomic mass is 9.93. The van der Waals surface area contributed by atoms with Crippen molar-refractivity contribution in [1.29, 1.82) is 0 Å². The molecule has 0 aliphatic carbocycles. The molecule has 1 aliphatic heterocycles. The van der Waals surface area contributed by atoms with Crippen molar-refractivity contribution in [3.05, 3.63) is 79.0 Å². The molecule has 0 amide bonds. The van der Waals surface area contributed by atoms with E-state index in [9.17, 15) is 4.79 Å². The molecule has 1 atom stereocenters. The summed E-state index contributed by atoms with van der Waals surface area (Å²) in [5.74, 6) is -0.183. The second-order valence-electron chi connectivity index (χ2n) is 6.02. The summed E-state index contributed by atoms with van der Waals surface area (Å²) in [7, 11) is 0. The predicted octanol–water partition coefficient (Wildman–Crippen LogP) is 5.05. The van der Waals surface area contributed by atoms with Gasteiger partial charge in [-0.2, -0.15) is 0 Å². The van der Waals surface area contributed by atoms with Crippen LogP contribution in [0.4, 0.5) is 0 Å². The van der Waals surface area contributed by atoms with Gasteiger partial charge in [0.05, 0.1) is 17.0 Å². The van der Waals surface area contributed by atoms with Gasteiger partial charge >= 0.3 is 0 Å². The first-order chi connectivity index (χ1) is 12.5.